The van der Waals surface area contributed by atoms with Gasteiger partial charge in [0.05, 0.1) is 11.1 Å². The van der Waals surface area contributed by atoms with Crippen LogP contribution in [0.5, 0.6) is 0 Å². The number of Topliss-reactive ketones (excluding diaryl/α,β-unsaturated/α-hetero) is 1. The molecule has 0 fully saturated rings. The zero-order chi connectivity index (χ0) is 43.0. The highest BCUT2D eigenvalue weighted by atomic mass is 32.2. The third-order valence-electron chi connectivity index (χ3n) is 13.0. The average molecular weight is 914 g/mol. The number of thiophene rings is 3. The van der Waals surface area contributed by atoms with Gasteiger partial charge in [-0.1, -0.05) is 97.0 Å². The molecule has 3 aromatic heterocycles. The van der Waals surface area contributed by atoms with Crippen LogP contribution in [-0.4, -0.2) is 32.1 Å². The number of hydrogen-bond donors (Lipinski definition) is 1. The van der Waals surface area contributed by atoms with Crippen molar-refractivity contribution >= 4 is 132 Å². The number of carbonyl (C=O) groups is 1. The summed E-state index contributed by atoms with van der Waals surface area (Å²) < 4.78 is 4.51. The van der Waals surface area contributed by atoms with Gasteiger partial charge >= 0.3 is 0 Å². The van der Waals surface area contributed by atoms with Crippen LogP contribution < -0.4 is 34.1 Å². The summed E-state index contributed by atoms with van der Waals surface area (Å²) in [6, 6.07) is 41.9. The molecule has 3 aliphatic heterocycles. The van der Waals surface area contributed by atoms with Gasteiger partial charge in [0.15, 0.2) is 0 Å². The topological polar surface area (TPSA) is 43.5 Å². The standard InChI is InChI=1S/C52H44N2O2S4Si2/c1-29-9-17-33(18-10-29)53(34-19-11-30(2)12-20-34)43-27-41-51(59-43)49-39(61(41,5)6)25-37(57-49)45-47(55)46(48(45)56)38-26-40-50(58-38)52-42(62(40,7)8)28-44(60-52)54(35-21-13-31(3)14-22-35)36-23-15-32(4)16-24-36/h9-28H,1-8H3/p+1. The number of nitrogens with zero attached hydrogens (tertiary/aromatic N) is 2. The first-order chi connectivity index (χ1) is 29.7. The fourth-order valence-corrected chi connectivity index (χ4v) is 23.8. The molecule has 4 aromatic carbocycles. The highest BCUT2D eigenvalue weighted by Gasteiger charge is 2.47. The minimum atomic E-state index is -2.09. The van der Waals surface area contributed by atoms with E-state index < -0.39 is 16.1 Å². The Hall–Kier alpha value is -5.08. The van der Waals surface area contributed by atoms with Crippen molar-refractivity contribution in [2.45, 2.75) is 53.9 Å². The lowest BCUT2D eigenvalue weighted by Crippen LogP contribution is -2.48. The SMILES string of the molecule is Cc1ccc(N(c2ccc(C)cc2)c2cc3c(s2)-c2sc(C4=C(O)/C(=c5\cc6c(s5)=C5SC(=[N+](c7ccc(C)cc7)c7ccc(C)cc7)C=C5[Si]6(C)C)C4=O)cc2[Si]3(C)C)cc1. The molecule has 1 N–H and O–H groups in total. The van der Waals surface area contributed by atoms with Crippen LogP contribution in [0.1, 0.15) is 27.1 Å². The summed E-state index contributed by atoms with van der Waals surface area (Å²) in [7, 11) is -4.19. The van der Waals surface area contributed by atoms with E-state index in [1.54, 1.807) is 22.7 Å². The van der Waals surface area contributed by atoms with Gasteiger partial charge in [0.1, 0.15) is 26.9 Å². The van der Waals surface area contributed by atoms with Gasteiger partial charge in [-0.25, -0.2) is 0 Å². The third-order valence-corrected chi connectivity index (χ3v) is 25.6. The fraction of sp³-hybridized carbons (Fsp3) is 0.154. The van der Waals surface area contributed by atoms with E-state index in [0.29, 0.717) is 11.1 Å². The molecule has 0 bridgehead atoms. The summed E-state index contributed by atoms with van der Waals surface area (Å²) in [5, 5.41) is 19.8. The van der Waals surface area contributed by atoms with Gasteiger partial charge in [-0.3, -0.25) is 4.79 Å². The van der Waals surface area contributed by atoms with Crippen LogP contribution in [0.25, 0.3) is 25.8 Å². The minimum absolute atomic E-state index is 0.0460. The van der Waals surface area contributed by atoms with Gasteiger partial charge in [0.25, 0.3) is 5.04 Å². The van der Waals surface area contributed by atoms with Crippen molar-refractivity contribution in [1.82, 2.24) is 4.58 Å². The molecule has 4 aliphatic rings. The van der Waals surface area contributed by atoms with Crippen LogP contribution in [0.3, 0.4) is 0 Å². The van der Waals surface area contributed by atoms with Gasteiger partial charge in [-0.2, -0.15) is 0 Å². The maximum Gasteiger partial charge on any atom is 0.251 e. The molecule has 0 amide bonds. The Labute approximate surface area is 380 Å². The normalized spacial score (nSPS) is 17.5. The summed E-state index contributed by atoms with van der Waals surface area (Å²) in [6.45, 7) is 18.2. The maximum atomic E-state index is 14.3. The van der Waals surface area contributed by atoms with Crippen LogP contribution in [0.15, 0.2) is 132 Å². The highest BCUT2D eigenvalue weighted by Crippen LogP contribution is 2.49. The fourth-order valence-electron chi connectivity index (χ4n) is 9.27. The Balaban J connectivity index is 0.975. The van der Waals surface area contributed by atoms with Crippen LogP contribution >= 0.6 is 45.8 Å². The Morgan fingerprint density at radius 3 is 1.65 bits per heavy atom. The summed E-state index contributed by atoms with van der Waals surface area (Å²) in [6.07, 6.45) is 2.42. The molecule has 0 atom stereocenters. The van der Waals surface area contributed by atoms with Gasteiger partial charge < -0.3 is 10.0 Å². The van der Waals surface area contributed by atoms with Crippen molar-refractivity contribution < 1.29 is 9.90 Å². The number of thioether (sulfide) groups is 1. The first-order valence-electron chi connectivity index (χ1n) is 21.0. The van der Waals surface area contributed by atoms with Crippen molar-refractivity contribution in [3.63, 3.8) is 0 Å². The number of aliphatic hydroxyl groups is 1. The number of anilines is 3. The number of fused-ring (bicyclic) bond motifs is 5. The smallest absolute Gasteiger partial charge is 0.251 e. The molecule has 6 heterocycles. The largest absolute Gasteiger partial charge is 0.506 e. The molecule has 11 rings (SSSR count). The molecule has 0 unspecified atom stereocenters. The van der Waals surface area contributed by atoms with Crippen molar-refractivity contribution in [3.8, 4) is 9.75 Å². The molecule has 0 spiro atoms. The van der Waals surface area contributed by atoms with E-state index in [2.05, 4.69) is 185 Å². The zero-order valence-corrected chi connectivity index (χ0v) is 41.2. The van der Waals surface area contributed by atoms with Crippen LogP contribution in [0.2, 0.25) is 26.2 Å². The lowest BCUT2D eigenvalue weighted by atomic mass is 9.87. The van der Waals surface area contributed by atoms with Crippen molar-refractivity contribution in [3.05, 3.63) is 168 Å². The molecule has 1 aliphatic carbocycles. The van der Waals surface area contributed by atoms with Gasteiger partial charge in [0.2, 0.25) is 17.2 Å². The van der Waals surface area contributed by atoms with E-state index in [9.17, 15) is 9.90 Å². The average Bonchev–Trinajstić information content (AvgIpc) is 4.09. The van der Waals surface area contributed by atoms with Crippen LogP contribution in [-0.2, 0) is 4.79 Å². The number of aryl methyl sites for hydroxylation is 4. The number of benzene rings is 4. The number of aliphatic hydroxyl groups excluding tert-OH is 1. The second-order valence-electron chi connectivity index (χ2n) is 18.1. The number of rotatable bonds is 6. The number of hydrogen-bond acceptors (Lipinski definition) is 7. The maximum absolute atomic E-state index is 14.3. The molecule has 306 valence electrons. The highest BCUT2D eigenvalue weighted by molar-refractivity contribution is 8.23. The molecule has 4 nitrogen and oxygen atoms in total. The quantitative estimate of drug-likeness (QED) is 0.133. The zero-order valence-electron chi connectivity index (χ0n) is 35.9. The number of carbonyl (C=O) groups excluding carboxylic acids is 1. The lowest BCUT2D eigenvalue weighted by Gasteiger charge is -2.24. The molecule has 0 radical (unpaired) electrons. The lowest BCUT2D eigenvalue weighted by molar-refractivity contribution is -0.109. The van der Waals surface area contributed by atoms with Gasteiger partial charge in [-0.15, -0.1) is 38.6 Å². The molecular formula is C52H45N2O2S4Si2+. The first kappa shape index (κ1) is 39.7. The predicted molar refractivity (Wildman–Crippen MR) is 275 cm³/mol. The Morgan fingerprint density at radius 2 is 1.10 bits per heavy atom. The minimum Gasteiger partial charge on any atom is -0.506 e. The molecule has 10 heteroatoms. The first-order valence-corrected chi connectivity index (χ1v) is 30.3. The van der Waals surface area contributed by atoms with E-state index in [4.69, 9.17) is 0 Å². The monoisotopic (exact) mass is 913 g/mol. The van der Waals surface area contributed by atoms with E-state index in [0.717, 1.165) is 32.2 Å². The Morgan fingerprint density at radius 1 is 0.581 bits per heavy atom. The van der Waals surface area contributed by atoms with Gasteiger partial charge in [0, 0.05) is 70.3 Å². The van der Waals surface area contributed by atoms with E-state index >= 15 is 0 Å². The van der Waals surface area contributed by atoms with Gasteiger partial charge in [-0.05, 0) is 103 Å². The summed E-state index contributed by atoms with van der Waals surface area (Å²) in [4.78, 5) is 21.4. The summed E-state index contributed by atoms with van der Waals surface area (Å²) in [5.41, 5.74) is 10.4. The van der Waals surface area contributed by atoms with Crippen molar-refractivity contribution in [2.75, 3.05) is 4.90 Å². The van der Waals surface area contributed by atoms with E-state index in [1.807, 2.05) is 23.1 Å². The summed E-state index contributed by atoms with van der Waals surface area (Å²) >= 11 is 7.03. The molecule has 7 aromatic rings. The third kappa shape index (κ3) is 6.02. The number of ketones is 1. The Bertz CT molecular complexity index is 3210. The molecule has 0 saturated carbocycles. The van der Waals surface area contributed by atoms with E-state index in [1.165, 1.54) is 72.2 Å². The molecule has 0 saturated heterocycles. The van der Waals surface area contributed by atoms with E-state index in [-0.39, 0.29) is 11.5 Å². The van der Waals surface area contributed by atoms with Crippen LogP contribution in [0, 0.1) is 27.7 Å². The molecule has 62 heavy (non-hydrogen) atoms. The number of allylic oxidation sites excluding steroid dienone is 2. The molecular weight excluding hydrogens is 869 g/mol. The summed E-state index contributed by atoms with van der Waals surface area (Å²) in [5.74, 6) is 0.0955. The second-order valence-corrected chi connectivity index (χ2v) is 30.9. The van der Waals surface area contributed by atoms with Crippen molar-refractivity contribution in [1.29, 1.82) is 0 Å². The predicted octanol–water partition coefficient (Wildman–Crippen LogP) is 11.3. The second kappa shape index (κ2) is 14.2. The Kier molecular flexibility index (Phi) is 9.12. The van der Waals surface area contributed by atoms with Crippen LogP contribution in [0.4, 0.5) is 27.8 Å². The van der Waals surface area contributed by atoms with Crippen molar-refractivity contribution in [2.24, 2.45) is 0 Å².